The number of aromatic nitrogens is 1. The first-order chi connectivity index (χ1) is 15.1. The third-order valence-corrected chi connectivity index (χ3v) is 6.37. The highest BCUT2D eigenvalue weighted by Crippen LogP contribution is 2.41. The number of fused-ring (bicyclic) bond motifs is 1. The van der Waals surface area contributed by atoms with E-state index in [1.165, 1.54) is 16.2 Å². The average Bonchev–Trinajstić information content (AvgIpc) is 3.41. The summed E-state index contributed by atoms with van der Waals surface area (Å²) < 4.78 is 0. The van der Waals surface area contributed by atoms with E-state index in [1.807, 2.05) is 53.9 Å². The maximum absolute atomic E-state index is 13.2. The number of nitrogens with zero attached hydrogens (tertiary/aromatic N) is 2. The van der Waals surface area contributed by atoms with Gasteiger partial charge in [0.25, 0.3) is 11.7 Å². The van der Waals surface area contributed by atoms with E-state index in [2.05, 4.69) is 4.98 Å². The molecule has 2 aromatic carbocycles. The molecule has 0 bridgehead atoms. The normalized spacial score (nSPS) is 18.1. The maximum Gasteiger partial charge on any atom is 0.295 e. The molecule has 31 heavy (non-hydrogen) atoms. The highest BCUT2D eigenvalue weighted by molar-refractivity contribution is 7.09. The number of rotatable bonds is 4. The number of ketones is 1. The van der Waals surface area contributed by atoms with E-state index >= 15 is 0 Å². The summed E-state index contributed by atoms with van der Waals surface area (Å²) in [6.45, 7) is 0.293. The molecule has 1 saturated heterocycles. The molecule has 5 nitrogen and oxygen atoms in total. The lowest BCUT2D eigenvalue weighted by Gasteiger charge is -2.24. The molecule has 1 N–H and O–H groups in total. The van der Waals surface area contributed by atoms with Gasteiger partial charge in [0.2, 0.25) is 0 Å². The molecule has 0 saturated carbocycles. The highest BCUT2D eigenvalue weighted by atomic mass is 32.1. The molecule has 1 aliphatic rings. The number of pyridine rings is 1. The molecule has 5 rings (SSSR count). The summed E-state index contributed by atoms with van der Waals surface area (Å²) in [6.07, 6.45) is 3.25. The summed E-state index contributed by atoms with van der Waals surface area (Å²) in [4.78, 5) is 32.8. The number of thiophene rings is 1. The smallest absolute Gasteiger partial charge is 0.295 e. The van der Waals surface area contributed by atoms with Crippen LogP contribution in [0.15, 0.2) is 90.1 Å². The number of hydrogen-bond donors (Lipinski definition) is 1. The minimum Gasteiger partial charge on any atom is -0.507 e. The van der Waals surface area contributed by atoms with Crippen molar-refractivity contribution >= 4 is 39.6 Å². The lowest BCUT2D eigenvalue weighted by molar-refractivity contribution is -0.140. The molecule has 1 atom stereocenters. The average molecular weight is 426 g/mol. The Hall–Kier alpha value is -3.77. The molecule has 0 spiro atoms. The van der Waals surface area contributed by atoms with Crippen LogP contribution in [0, 0.1) is 0 Å². The minimum absolute atomic E-state index is 0.101. The lowest BCUT2D eigenvalue weighted by Crippen LogP contribution is -2.28. The van der Waals surface area contributed by atoms with Crippen molar-refractivity contribution in [3.8, 4) is 0 Å². The molecule has 1 aliphatic heterocycles. The Bertz CT molecular complexity index is 1310. The van der Waals surface area contributed by atoms with E-state index in [-0.39, 0.29) is 11.3 Å². The van der Waals surface area contributed by atoms with Crippen molar-refractivity contribution in [2.75, 3.05) is 0 Å². The molecule has 1 amide bonds. The third-order valence-electron chi connectivity index (χ3n) is 5.51. The number of aliphatic hydroxyl groups is 1. The number of hydrogen-bond acceptors (Lipinski definition) is 5. The zero-order valence-corrected chi connectivity index (χ0v) is 17.3. The van der Waals surface area contributed by atoms with Crippen molar-refractivity contribution < 1.29 is 14.7 Å². The van der Waals surface area contributed by atoms with Gasteiger partial charge in [-0.2, -0.15) is 0 Å². The molecule has 3 heterocycles. The van der Waals surface area contributed by atoms with Crippen molar-refractivity contribution in [3.63, 3.8) is 0 Å². The molecule has 0 radical (unpaired) electrons. The zero-order chi connectivity index (χ0) is 21.4. The number of Topliss-reactive ketones (excluding diaryl/α,β-unsaturated/α-hetero) is 1. The molecular weight excluding hydrogens is 408 g/mol. The van der Waals surface area contributed by atoms with Crippen molar-refractivity contribution in [2.24, 2.45) is 0 Å². The van der Waals surface area contributed by atoms with Crippen molar-refractivity contribution in [3.05, 3.63) is 106 Å². The van der Waals surface area contributed by atoms with Gasteiger partial charge in [-0.1, -0.05) is 48.5 Å². The number of aliphatic hydroxyl groups excluding tert-OH is 1. The molecule has 2 aromatic heterocycles. The fourth-order valence-electron chi connectivity index (χ4n) is 4.08. The Morgan fingerprint density at radius 3 is 2.52 bits per heavy atom. The van der Waals surface area contributed by atoms with E-state index < -0.39 is 17.7 Å². The number of carbonyl (C=O) groups is 2. The SMILES string of the molecule is O=C1C(=O)N(Cc2cccs2)C(c2ccncc2)/C1=C(/O)c1cccc2ccccc12. The van der Waals surface area contributed by atoms with Gasteiger partial charge in [0.1, 0.15) is 5.76 Å². The summed E-state index contributed by atoms with van der Waals surface area (Å²) in [7, 11) is 0. The van der Waals surface area contributed by atoms with Gasteiger partial charge in [-0.25, -0.2) is 0 Å². The second-order valence-electron chi connectivity index (χ2n) is 7.31. The molecule has 1 fully saturated rings. The fourth-order valence-corrected chi connectivity index (χ4v) is 4.79. The van der Waals surface area contributed by atoms with Crippen LogP contribution >= 0.6 is 11.3 Å². The van der Waals surface area contributed by atoms with Crippen molar-refractivity contribution in [1.82, 2.24) is 9.88 Å². The van der Waals surface area contributed by atoms with Crippen LogP contribution in [0.2, 0.25) is 0 Å². The molecule has 6 heteroatoms. The number of amides is 1. The monoisotopic (exact) mass is 426 g/mol. The van der Waals surface area contributed by atoms with E-state index in [0.717, 1.165) is 21.2 Å². The Morgan fingerprint density at radius 1 is 0.968 bits per heavy atom. The second kappa shape index (κ2) is 7.81. The van der Waals surface area contributed by atoms with E-state index in [1.54, 1.807) is 30.6 Å². The maximum atomic E-state index is 13.2. The third kappa shape index (κ3) is 3.31. The molecular formula is C25H18N2O3S. The van der Waals surface area contributed by atoms with Crippen LogP contribution in [0.5, 0.6) is 0 Å². The fraction of sp³-hybridized carbons (Fsp3) is 0.0800. The largest absolute Gasteiger partial charge is 0.507 e. The van der Waals surface area contributed by atoms with Crippen molar-refractivity contribution in [1.29, 1.82) is 0 Å². The molecule has 1 unspecified atom stereocenters. The van der Waals surface area contributed by atoms with Crippen LogP contribution in [0.1, 0.15) is 22.0 Å². The number of benzene rings is 2. The highest BCUT2D eigenvalue weighted by Gasteiger charge is 2.46. The summed E-state index contributed by atoms with van der Waals surface area (Å²) in [5.74, 6) is -1.45. The minimum atomic E-state index is -0.691. The topological polar surface area (TPSA) is 70.5 Å². The van der Waals surface area contributed by atoms with E-state index in [0.29, 0.717) is 12.1 Å². The first-order valence-corrected chi connectivity index (χ1v) is 10.7. The van der Waals surface area contributed by atoms with Crippen LogP contribution < -0.4 is 0 Å². The van der Waals surface area contributed by atoms with Gasteiger partial charge in [-0.15, -0.1) is 11.3 Å². The summed E-state index contributed by atoms with van der Waals surface area (Å²) in [5, 5.41) is 15.0. The van der Waals surface area contributed by atoms with Gasteiger partial charge in [0.05, 0.1) is 18.2 Å². The quantitative estimate of drug-likeness (QED) is 0.286. The summed E-state index contributed by atoms with van der Waals surface area (Å²) in [5.41, 5.74) is 1.36. The van der Waals surface area contributed by atoms with Crippen LogP contribution in [-0.2, 0) is 16.1 Å². The molecule has 4 aromatic rings. The van der Waals surface area contributed by atoms with Gasteiger partial charge in [-0.05, 0) is 39.9 Å². The van der Waals surface area contributed by atoms with Crippen LogP contribution in [0.25, 0.3) is 16.5 Å². The van der Waals surface area contributed by atoms with Crippen LogP contribution in [0.4, 0.5) is 0 Å². The second-order valence-corrected chi connectivity index (χ2v) is 8.35. The number of carbonyl (C=O) groups excluding carboxylic acids is 2. The van der Waals surface area contributed by atoms with Crippen molar-refractivity contribution in [2.45, 2.75) is 12.6 Å². The Kier molecular flexibility index (Phi) is 4.84. The lowest BCUT2D eigenvalue weighted by atomic mass is 9.94. The molecule has 0 aliphatic carbocycles. The van der Waals surface area contributed by atoms with Gasteiger partial charge < -0.3 is 10.0 Å². The van der Waals surface area contributed by atoms with Gasteiger partial charge in [0, 0.05) is 22.8 Å². The van der Waals surface area contributed by atoms with Gasteiger partial charge >= 0.3 is 0 Å². The van der Waals surface area contributed by atoms with Gasteiger partial charge in [0.15, 0.2) is 0 Å². The predicted octanol–water partition coefficient (Wildman–Crippen LogP) is 4.92. The van der Waals surface area contributed by atoms with Crippen LogP contribution in [-0.4, -0.2) is 26.7 Å². The Morgan fingerprint density at radius 2 is 1.74 bits per heavy atom. The first-order valence-electron chi connectivity index (χ1n) is 9.84. The van der Waals surface area contributed by atoms with E-state index in [9.17, 15) is 14.7 Å². The van der Waals surface area contributed by atoms with E-state index in [4.69, 9.17) is 0 Å². The first kappa shape index (κ1) is 19.2. The van der Waals surface area contributed by atoms with Crippen LogP contribution in [0.3, 0.4) is 0 Å². The predicted molar refractivity (Wildman–Crippen MR) is 120 cm³/mol. The Labute approximate surface area is 182 Å². The summed E-state index contributed by atoms with van der Waals surface area (Å²) in [6, 6.07) is 19.9. The van der Waals surface area contributed by atoms with Gasteiger partial charge in [-0.3, -0.25) is 14.6 Å². The number of likely N-dealkylation sites (tertiary alicyclic amines) is 1. The molecule has 152 valence electrons. The summed E-state index contributed by atoms with van der Waals surface area (Å²) >= 11 is 1.52. The zero-order valence-electron chi connectivity index (χ0n) is 16.4. The Balaban J connectivity index is 1.71. The standard InChI is InChI=1S/C25H18N2O3S/c28-23(20-9-3-6-16-5-1-2-8-19(16)20)21-22(17-10-12-26-13-11-17)27(25(30)24(21)29)15-18-7-4-14-31-18/h1-14,22,28H,15H2/b23-21-.